The highest BCUT2D eigenvalue weighted by Gasteiger charge is 2.31. The first kappa shape index (κ1) is 29.6. The van der Waals surface area contributed by atoms with Gasteiger partial charge in [-0.05, 0) is 58.5 Å². The molecule has 0 amide bonds. The zero-order chi connectivity index (χ0) is 33.0. The van der Waals surface area contributed by atoms with E-state index in [1.165, 1.54) is 69.8 Å². The van der Waals surface area contributed by atoms with Crippen molar-refractivity contribution in [1.82, 2.24) is 20.5 Å². The lowest BCUT2D eigenvalue weighted by Gasteiger charge is -2.40. The molecular weight excluding hydrogens is 629 g/mol. The fourth-order valence-electron chi connectivity index (χ4n) is 8.05. The molecule has 6 aromatic carbocycles. The third-order valence-electron chi connectivity index (χ3n) is 10.5. The van der Waals surface area contributed by atoms with Crippen molar-refractivity contribution in [3.8, 4) is 11.1 Å². The first-order valence-corrected chi connectivity index (χ1v) is 18.3. The Morgan fingerprint density at radius 3 is 1.92 bits per heavy atom. The Morgan fingerprint density at radius 2 is 1.18 bits per heavy atom. The third-order valence-corrected chi connectivity index (χ3v) is 11.7. The molecule has 1 fully saturated rings. The average molecular weight is 665 g/mol. The number of hydrogen-bond acceptors (Lipinski definition) is 4. The van der Waals surface area contributed by atoms with Crippen molar-refractivity contribution in [1.29, 1.82) is 0 Å². The Balaban J connectivity index is 0.994. The number of benzene rings is 6. The molecule has 10 rings (SSSR count). The van der Waals surface area contributed by atoms with Gasteiger partial charge in [-0.25, -0.2) is 0 Å². The molecule has 8 aromatic rings. The molecule has 2 aliphatic rings. The molecule has 1 aliphatic carbocycles. The van der Waals surface area contributed by atoms with Crippen LogP contribution in [0.3, 0.4) is 0 Å². The van der Waals surface area contributed by atoms with Crippen molar-refractivity contribution in [2.75, 3.05) is 0 Å². The molecule has 0 spiro atoms. The number of thiophene rings is 1. The van der Waals surface area contributed by atoms with Crippen molar-refractivity contribution in [2.24, 2.45) is 0 Å². The van der Waals surface area contributed by atoms with Gasteiger partial charge in [0, 0.05) is 42.0 Å². The molecule has 1 saturated heterocycles. The quantitative estimate of drug-likeness (QED) is 0.172. The van der Waals surface area contributed by atoms with Crippen LogP contribution in [0, 0.1) is 0 Å². The summed E-state index contributed by atoms with van der Waals surface area (Å²) in [6.45, 7) is 0. The Labute approximate surface area is 295 Å². The minimum atomic E-state index is 0.00109. The minimum Gasteiger partial charge on any atom is -0.333 e. The molecule has 0 bridgehead atoms. The van der Waals surface area contributed by atoms with Crippen LogP contribution in [-0.2, 0) is 0 Å². The summed E-state index contributed by atoms with van der Waals surface area (Å²) in [4.78, 5) is 0. The summed E-state index contributed by atoms with van der Waals surface area (Å²) < 4.78 is 5.24. The van der Waals surface area contributed by atoms with Crippen LogP contribution in [0.2, 0.25) is 0 Å². The number of aromatic nitrogens is 1. The Hall–Kier alpha value is -5.30. The molecule has 0 saturated carbocycles. The molecule has 2 aromatic heterocycles. The maximum atomic E-state index is 3.84. The minimum absolute atomic E-state index is 0.00109. The van der Waals surface area contributed by atoms with Crippen molar-refractivity contribution in [3.05, 3.63) is 181 Å². The lowest BCUT2D eigenvalue weighted by atomic mass is 9.98. The van der Waals surface area contributed by atoms with Crippen LogP contribution in [-0.4, -0.2) is 10.7 Å². The van der Waals surface area contributed by atoms with Gasteiger partial charge in [-0.1, -0.05) is 140 Å². The Kier molecular flexibility index (Phi) is 7.24. The van der Waals surface area contributed by atoms with Gasteiger partial charge in [0.15, 0.2) is 0 Å². The van der Waals surface area contributed by atoms with Crippen molar-refractivity contribution in [3.63, 3.8) is 0 Å². The van der Waals surface area contributed by atoms with Gasteiger partial charge < -0.3 is 4.57 Å². The zero-order valence-corrected chi connectivity index (χ0v) is 28.3. The van der Waals surface area contributed by atoms with Gasteiger partial charge in [0.2, 0.25) is 0 Å². The number of para-hydroxylation sites is 1. The van der Waals surface area contributed by atoms with Crippen LogP contribution in [0.15, 0.2) is 169 Å². The van der Waals surface area contributed by atoms with Crippen LogP contribution >= 0.6 is 11.3 Å². The lowest BCUT2D eigenvalue weighted by Crippen LogP contribution is -2.59. The number of nitrogens with zero attached hydrogens (tertiary/aromatic N) is 1. The Bertz CT molecular complexity index is 2530. The van der Waals surface area contributed by atoms with Crippen LogP contribution in [0.4, 0.5) is 0 Å². The SMILES string of the molecule is C1=CC(n2c3ccccc3c3cc(-c4cccc5c4sc4ccccc45)ccc32)CC=C1C1NC(c2ccccc2)NC(c2ccccc2)N1. The summed E-state index contributed by atoms with van der Waals surface area (Å²) in [7, 11) is 0. The molecule has 3 heterocycles. The van der Waals surface area contributed by atoms with Crippen molar-refractivity contribution < 1.29 is 0 Å². The number of nitrogens with one attached hydrogen (secondary N) is 3. The molecule has 3 unspecified atom stereocenters. The van der Waals surface area contributed by atoms with Crippen molar-refractivity contribution >= 4 is 53.3 Å². The second-order valence-electron chi connectivity index (χ2n) is 13.4. The summed E-state index contributed by atoms with van der Waals surface area (Å²) in [6, 6.07) is 53.0. The van der Waals surface area contributed by atoms with Crippen LogP contribution < -0.4 is 16.0 Å². The summed E-state index contributed by atoms with van der Waals surface area (Å²) in [5.74, 6) is 0. The summed E-state index contributed by atoms with van der Waals surface area (Å²) >= 11 is 1.89. The Morgan fingerprint density at radius 1 is 0.540 bits per heavy atom. The van der Waals surface area contributed by atoms with E-state index in [9.17, 15) is 0 Å². The molecule has 1 aliphatic heterocycles. The van der Waals surface area contributed by atoms with E-state index in [-0.39, 0.29) is 24.5 Å². The standard InChI is InChI=1S/C45H36N4S/c1-3-12-29(13-4-1)43-46-44(30-14-5-2-6-15-30)48-45(47-43)31-22-25-33(26-23-31)49-39-20-9-7-16-35(39)38-28-32(24-27-40(38)49)34-18-11-19-37-36-17-8-10-21-41(36)50-42(34)37/h1-25,27-28,33,43-48H,26H2. The van der Waals surface area contributed by atoms with E-state index in [0.29, 0.717) is 0 Å². The largest absolute Gasteiger partial charge is 0.333 e. The predicted molar refractivity (Wildman–Crippen MR) is 210 cm³/mol. The van der Waals surface area contributed by atoms with E-state index in [0.717, 1.165) is 6.42 Å². The normalized spacial score (nSPS) is 20.9. The monoisotopic (exact) mass is 664 g/mol. The highest BCUT2D eigenvalue weighted by molar-refractivity contribution is 7.26. The van der Waals surface area contributed by atoms with Gasteiger partial charge in [0.25, 0.3) is 0 Å². The van der Waals surface area contributed by atoms with Crippen LogP contribution in [0.5, 0.6) is 0 Å². The fraction of sp³-hybridized carbons (Fsp3) is 0.111. The van der Waals surface area contributed by atoms with E-state index in [2.05, 4.69) is 184 Å². The number of allylic oxidation sites excluding steroid dienone is 2. The number of hydrogen-bond donors (Lipinski definition) is 3. The number of fused-ring (bicyclic) bond motifs is 6. The van der Waals surface area contributed by atoms with E-state index in [4.69, 9.17) is 0 Å². The summed E-state index contributed by atoms with van der Waals surface area (Å²) in [5.41, 5.74) is 8.84. The summed E-state index contributed by atoms with van der Waals surface area (Å²) in [6.07, 6.45) is 8.10. The second kappa shape index (κ2) is 12.2. The first-order valence-electron chi connectivity index (χ1n) is 17.5. The molecular formula is C45H36N4S. The highest BCUT2D eigenvalue weighted by Crippen LogP contribution is 2.42. The first-order chi connectivity index (χ1) is 24.8. The van der Waals surface area contributed by atoms with Gasteiger partial charge in [0.05, 0.1) is 24.5 Å². The summed E-state index contributed by atoms with van der Waals surface area (Å²) in [5, 5.41) is 16.7. The third kappa shape index (κ3) is 5.01. The fourth-order valence-corrected chi connectivity index (χ4v) is 9.28. The maximum absolute atomic E-state index is 3.84. The molecule has 3 N–H and O–H groups in total. The predicted octanol–water partition coefficient (Wildman–Crippen LogP) is 10.8. The number of rotatable bonds is 5. The molecule has 50 heavy (non-hydrogen) atoms. The van der Waals surface area contributed by atoms with Gasteiger partial charge >= 0.3 is 0 Å². The molecule has 4 nitrogen and oxygen atoms in total. The maximum Gasteiger partial charge on any atom is 0.0864 e. The lowest BCUT2D eigenvalue weighted by molar-refractivity contribution is 0.223. The van der Waals surface area contributed by atoms with E-state index in [1.54, 1.807) is 0 Å². The van der Waals surface area contributed by atoms with Gasteiger partial charge in [-0.3, -0.25) is 16.0 Å². The van der Waals surface area contributed by atoms with E-state index >= 15 is 0 Å². The van der Waals surface area contributed by atoms with Gasteiger partial charge in [-0.15, -0.1) is 11.3 Å². The molecule has 242 valence electrons. The van der Waals surface area contributed by atoms with Gasteiger partial charge in [0.1, 0.15) is 0 Å². The molecule has 3 atom stereocenters. The van der Waals surface area contributed by atoms with E-state index < -0.39 is 0 Å². The smallest absolute Gasteiger partial charge is 0.0864 e. The zero-order valence-electron chi connectivity index (χ0n) is 27.5. The highest BCUT2D eigenvalue weighted by atomic mass is 32.1. The van der Waals surface area contributed by atoms with Crippen LogP contribution in [0.1, 0.15) is 35.9 Å². The molecule has 0 radical (unpaired) electrons. The average Bonchev–Trinajstić information content (AvgIpc) is 3.74. The molecule has 5 heteroatoms. The van der Waals surface area contributed by atoms with Gasteiger partial charge in [-0.2, -0.15) is 0 Å². The topological polar surface area (TPSA) is 41.0 Å². The van der Waals surface area contributed by atoms with E-state index in [1.807, 2.05) is 11.3 Å². The van der Waals surface area contributed by atoms with Crippen molar-refractivity contribution in [2.45, 2.75) is 31.0 Å². The second-order valence-corrected chi connectivity index (χ2v) is 14.4. The van der Waals surface area contributed by atoms with Crippen LogP contribution in [0.25, 0.3) is 53.1 Å².